The van der Waals surface area contributed by atoms with E-state index in [0.717, 1.165) is 0 Å². The van der Waals surface area contributed by atoms with Gasteiger partial charge in [0.05, 0.1) is 17.3 Å². The number of amides is 1. The van der Waals surface area contributed by atoms with Crippen LogP contribution in [0.1, 0.15) is 0 Å². The summed E-state index contributed by atoms with van der Waals surface area (Å²) in [5.41, 5.74) is 0.229. The van der Waals surface area contributed by atoms with Gasteiger partial charge in [-0.15, -0.1) is 0 Å². The Hall–Kier alpha value is -1.74. The molecule has 0 aliphatic heterocycles. The average Bonchev–Trinajstić information content (AvgIpc) is 2.40. The summed E-state index contributed by atoms with van der Waals surface area (Å²) in [5, 5.41) is 21.0. The second-order valence-electron chi connectivity index (χ2n) is 3.94. The Balaban J connectivity index is 2.88. The number of aliphatic hydroxyl groups excluding tert-OH is 1. The summed E-state index contributed by atoms with van der Waals surface area (Å²) in [5.74, 6) is -0.596. The molecule has 0 saturated heterocycles. The van der Waals surface area contributed by atoms with Crippen molar-refractivity contribution in [3.05, 3.63) is 40.0 Å². The number of hydrogen-bond acceptors (Lipinski definition) is 4. The lowest BCUT2D eigenvalue weighted by atomic mass is 10.2. The van der Waals surface area contributed by atoms with Crippen molar-refractivity contribution in [1.29, 1.82) is 5.26 Å². The molecule has 106 valence electrons. The Bertz CT molecular complexity index is 567. The van der Waals surface area contributed by atoms with Gasteiger partial charge >= 0.3 is 0 Å². The summed E-state index contributed by atoms with van der Waals surface area (Å²) in [7, 11) is 1.65. The molecular weight excluding hydrogens is 301 g/mol. The third kappa shape index (κ3) is 4.74. The molecule has 0 aromatic heterocycles. The van der Waals surface area contributed by atoms with E-state index in [-0.39, 0.29) is 12.2 Å². The van der Waals surface area contributed by atoms with Gasteiger partial charge in [0.15, 0.2) is 0 Å². The van der Waals surface area contributed by atoms with Crippen LogP contribution in [0.5, 0.6) is 0 Å². The first kappa shape index (κ1) is 16.3. The van der Waals surface area contributed by atoms with E-state index in [1.54, 1.807) is 25.2 Å². The Morgan fingerprint density at radius 1 is 1.55 bits per heavy atom. The Morgan fingerprint density at radius 3 is 2.85 bits per heavy atom. The van der Waals surface area contributed by atoms with Gasteiger partial charge in [-0.05, 0) is 18.2 Å². The quantitative estimate of drug-likeness (QED) is 0.646. The number of nitrogens with zero attached hydrogens (tertiary/aromatic N) is 2. The molecule has 20 heavy (non-hydrogen) atoms. The zero-order valence-corrected chi connectivity index (χ0v) is 12.2. The first-order valence-electron chi connectivity index (χ1n) is 5.67. The van der Waals surface area contributed by atoms with Crippen LogP contribution in [0.4, 0.5) is 5.69 Å². The fourth-order valence-corrected chi connectivity index (χ4v) is 1.70. The molecule has 0 spiro atoms. The molecule has 0 atom stereocenters. The van der Waals surface area contributed by atoms with E-state index in [1.165, 1.54) is 17.2 Å². The lowest BCUT2D eigenvalue weighted by molar-refractivity contribution is -0.112. The van der Waals surface area contributed by atoms with Gasteiger partial charge in [-0.1, -0.05) is 23.2 Å². The Labute approximate surface area is 127 Å². The lowest BCUT2D eigenvalue weighted by Gasteiger charge is -2.13. The summed E-state index contributed by atoms with van der Waals surface area (Å²) in [6, 6.07) is 6.43. The monoisotopic (exact) mass is 313 g/mol. The van der Waals surface area contributed by atoms with E-state index < -0.39 is 5.91 Å². The van der Waals surface area contributed by atoms with Gasteiger partial charge in [0, 0.05) is 24.8 Å². The van der Waals surface area contributed by atoms with Crippen LogP contribution in [0, 0.1) is 11.3 Å². The molecule has 0 aliphatic rings. The van der Waals surface area contributed by atoms with Gasteiger partial charge in [-0.25, -0.2) is 0 Å². The minimum Gasteiger partial charge on any atom is -0.395 e. The highest BCUT2D eigenvalue weighted by Crippen LogP contribution is 2.25. The van der Waals surface area contributed by atoms with E-state index >= 15 is 0 Å². The number of carbonyl (C=O) groups excluding carboxylic acids is 1. The third-order valence-electron chi connectivity index (χ3n) is 2.34. The minimum absolute atomic E-state index is 0.0759. The standard InChI is InChI=1S/C13H13Cl2N3O2/c1-18(4-5-19)8-9(7-16)13(20)17-12-6-10(14)2-3-11(12)15/h2-3,6,8,19H,4-5H2,1H3,(H,17,20)/b9-8-. The number of halogens is 2. The first-order chi connectivity index (χ1) is 9.47. The predicted molar refractivity (Wildman–Crippen MR) is 78.5 cm³/mol. The summed E-state index contributed by atoms with van der Waals surface area (Å²) >= 11 is 11.7. The topological polar surface area (TPSA) is 76.4 Å². The smallest absolute Gasteiger partial charge is 0.267 e. The highest BCUT2D eigenvalue weighted by molar-refractivity contribution is 6.35. The van der Waals surface area contributed by atoms with Crippen LogP contribution in [0.25, 0.3) is 0 Å². The second kappa shape index (κ2) is 7.75. The molecule has 7 heteroatoms. The van der Waals surface area contributed by atoms with Gasteiger partial charge < -0.3 is 15.3 Å². The molecule has 1 aromatic carbocycles. The summed E-state index contributed by atoms with van der Waals surface area (Å²) in [4.78, 5) is 13.5. The normalized spacial score (nSPS) is 10.8. The molecule has 0 bridgehead atoms. The Kier molecular flexibility index (Phi) is 6.32. The molecule has 1 rings (SSSR count). The van der Waals surface area contributed by atoms with E-state index in [2.05, 4.69) is 5.32 Å². The average molecular weight is 314 g/mol. The third-order valence-corrected chi connectivity index (χ3v) is 2.91. The lowest BCUT2D eigenvalue weighted by Crippen LogP contribution is -2.20. The maximum absolute atomic E-state index is 12.0. The highest BCUT2D eigenvalue weighted by Gasteiger charge is 2.12. The summed E-state index contributed by atoms with van der Waals surface area (Å²) in [6.45, 7) is 0.240. The Morgan fingerprint density at radius 2 is 2.25 bits per heavy atom. The number of benzene rings is 1. The van der Waals surface area contributed by atoms with Gasteiger partial charge in [-0.2, -0.15) is 5.26 Å². The predicted octanol–water partition coefficient (Wildman–Crippen LogP) is 2.26. The van der Waals surface area contributed by atoms with Crippen molar-refractivity contribution < 1.29 is 9.90 Å². The highest BCUT2D eigenvalue weighted by atomic mass is 35.5. The van der Waals surface area contributed by atoms with Crippen molar-refractivity contribution in [2.45, 2.75) is 0 Å². The number of nitriles is 1. The maximum atomic E-state index is 12.0. The van der Waals surface area contributed by atoms with Gasteiger partial charge in [0.1, 0.15) is 11.6 Å². The summed E-state index contributed by atoms with van der Waals surface area (Å²) in [6.07, 6.45) is 1.35. The molecular formula is C13H13Cl2N3O2. The molecule has 1 aromatic rings. The van der Waals surface area contributed by atoms with E-state index in [9.17, 15) is 4.79 Å². The van der Waals surface area contributed by atoms with Gasteiger partial charge in [-0.3, -0.25) is 4.79 Å². The molecule has 0 fully saturated rings. The minimum atomic E-state index is -0.596. The van der Waals surface area contributed by atoms with Crippen molar-refractivity contribution >= 4 is 34.8 Å². The molecule has 0 saturated carbocycles. The van der Waals surface area contributed by atoms with Crippen LogP contribution in [-0.2, 0) is 4.79 Å². The molecule has 0 unspecified atom stereocenters. The SMILES string of the molecule is CN(/C=C(/C#N)C(=O)Nc1cc(Cl)ccc1Cl)CCO. The molecule has 0 heterocycles. The van der Waals surface area contributed by atoms with Gasteiger partial charge in [0.25, 0.3) is 5.91 Å². The van der Waals surface area contributed by atoms with Crippen LogP contribution >= 0.6 is 23.2 Å². The van der Waals surface area contributed by atoms with Crippen LogP contribution in [0.15, 0.2) is 30.0 Å². The van der Waals surface area contributed by atoms with Crippen molar-refractivity contribution in [3.8, 4) is 6.07 Å². The number of nitrogens with one attached hydrogen (secondary N) is 1. The van der Waals surface area contributed by atoms with Crippen molar-refractivity contribution in [1.82, 2.24) is 4.90 Å². The van der Waals surface area contributed by atoms with E-state index in [1.807, 2.05) is 0 Å². The van der Waals surface area contributed by atoms with Crippen LogP contribution in [0.3, 0.4) is 0 Å². The zero-order chi connectivity index (χ0) is 15.1. The van der Waals surface area contributed by atoms with E-state index in [4.69, 9.17) is 33.6 Å². The molecule has 2 N–H and O–H groups in total. The fraction of sp³-hybridized carbons (Fsp3) is 0.231. The van der Waals surface area contributed by atoms with Crippen LogP contribution in [-0.4, -0.2) is 36.1 Å². The van der Waals surface area contributed by atoms with E-state index in [0.29, 0.717) is 22.3 Å². The number of likely N-dealkylation sites (N-methyl/N-ethyl adjacent to an activating group) is 1. The van der Waals surface area contributed by atoms with Crippen LogP contribution in [0.2, 0.25) is 10.0 Å². The number of anilines is 1. The molecule has 1 amide bonds. The first-order valence-corrected chi connectivity index (χ1v) is 6.43. The second-order valence-corrected chi connectivity index (χ2v) is 4.78. The number of carbonyl (C=O) groups is 1. The largest absolute Gasteiger partial charge is 0.395 e. The number of hydrogen-bond donors (Lipinski definition) is 2. The van der Waals surface area contributed by atoms with Crippen molar-refractivity contribution in [2.75, 3.05) is 25.5 Å². The number of rotatable bonds is 5. The van der Waals surface area contributed by atoms with Gasteiger partial charge in [0.2, 0.25) is 0 Å². The summed E-state index contributed by atoms with van der Waals surface area (Å²) < 4.78 is 0. The zero-order valence-electron chi connectivity index (χ0n) is 10.7. The van der Waals surface area contributed by atoms with Crippen molar-refractivity contribution in [3.63, 3.8) is 0 Å². The number of aliphatic hydroxyl groups is 1. The van der Waals surface area contributed by atoms with Crippen molar-refractivity contribution in [2.24, 2.45) is 0 Å². The molecule has 0 radical (unpaired) electrons. The molecule has 0 aliphatic carbocycles. The van der Waals surface area contributed by atoms with Crippen LogP contribution < -0.4 is 5.32 Å². The maximum Gasteiger partial charge on any atom is 0.267 e. The fourth-order valence-electron chi connectivity index (χ4n) is 1.36. The molecule has 5 nitrogen and oxygen atoms in total.